The van der Waals surface area contributed by atoms with Crippen LogP contribution in [0.5, 0.6) is 11.5 Å². The Bertz CT molecular complexity index is 1650. The second-order valence-corrected chi connectivity index (χ2v) is 12.7. The second kappa shape index (κ2) is 11.9. The first-order valence-electron chi connectivity index (χ1n) is 15.8. The fraction of sp³-hybridized carbons (Fsp3) is 0.545. The summed E-state index contributed by atoms with van der Waals surface area (Å²) in [5.74, 6) is -3.20. The van der Waals surface area contributed by atoms with Gasteiger partial charge in [0.05, 0.1) is 42.1 Å². The summed E-state index contributed by atoms with van der Waals surface area (Å²) in [6.45, 7) is 3.97. The fourth-order valence-corrected chi connectivity index (χ4v) is 7.80. The average Bonchev–Trinajstić information content (AvgIpc) is 3.43. The highest BCUT2D eigenvalue weighted by atomic mass is 16.7. The number of rotatable bonds is 7. The van der Waals surface area contributed by atoms with Crippen molar-refractivity contribution in [2.45, 2.75) is 81.9 Å². The number of carbonyl (C=O) groups is 3. The number of ether oxygens (including phenoxy) is 5. The number of benzene rings is 2. The molecule has 14 heteroatoms. The van der Waals surface area contributed by atoms with Crippen LogP contribution >= 0.6 is 0 Å². The third kappa shape index (κ3) is 4.97. The Morgan fingerprint density at radius 2 is 1.89 bits per heavy atom. The summed E-state index contributed by atoms with van der Waals surface area (Å²) in [6.07, 6.45) is -4.26. The van der Waals surface area contributed by atoms with Crippen LogP contribution in [-0.4, -0.2) is 119 Å². The van der Waals surface area contributed by atoms with E-state index < -0.39 is 83.0 Å². The van der Waals surface area contributed by atoms with Crippen LogP contribution in [0.25, 0.3) is 0 Å². The lowest BCUT2D eigenvalue weighted by atomic mass is 9.72. The molecule has 47 heavy (non-hydrogen) atoms. The van der Waals surface area contributed by atoms with Crippen molar-refractivity contribution in [3.8, 4) is 11.5 Å². The number of Topliss-reactive ketones (excluding diaryl/α,β-unsaturated/α-hetero) is 1. The maximum Gasteiger partial charge on any atom is 0.200 e. The van der Waals surface area contributed by atoms with E-state index in [0.717, 1.165) is 0 Å². The number of aromatic hydroxyl groups is 2. The summed E-state index contributed by atoms with van der Waals surface area (Å²) in [5.41, 5.74) is -2.60. The quantitative estimate of drug-likeness (QED) is 0.228. The van der Waals surface area contributed by atoms with Gasteiger partial charge in [0.15, 0.2) is 36.2 Å². The lowest BCUT2D eigenvalue weighted by Gasteiger charge is -2.43. The largest absolute Gasteiger partial charge is 0.507 e. The minimum absolute atomic E-state index is 0.000544. The number of morpholine rings is 1. The van der Waals surface area contributed by atoms with Crippen LogP contribution in [0.15, 0.2) is 18.2 Å². The molecule has 5 N–H and O–H groups in total. The molecular weight excluding hydrogens is 616 g/mol. The SMILES string of the molecule is CO[C@H]1OCCN2C1O[C@@H]1[C@H](C)O[C@@H](O[C@H]3C[C@](O)(C(C)=O)Cc4c(O)c5c(c(O)c43)C(=O)c3c(NCCO)cccc3C5=O)C[C@@H]12. The predicted molar refractivity (Wildman–Crippen MR) is 161 cm³/mol. The molecule has 0 saturated carbocycles. The topological polar surface area (TPSA) is 194 Å². The van der Waals surface area contributed by atoms with Crippen molar-refractivity contribution in [2.24, 2.45) is 0 Å². The van der Waals surface area contributed by atoms with Gasteiger partial charge in [-0.3, -0.25) is 19.3 Å². The van der Waals surface area contributed by atoms with Gasteiger partial charge in [-0.15, -0.1) is 0 Å². The molecule has 0 bridgehead atoms. The van der Waals surface area contributed by atoms with E-state index >= 15 is 0 Å². The fourth-order valence-electron chi connectivity index (χ4n) is 7.80. The number of phenols is 2. The number of anilines is 1. The molecule has 3 saturated heterocycles. The highest BCUT2D eigenvalue weighted by molar-refractivity contribution is 6.32. The molecule has 2 aromatic carbocycles. The lowest BCUT2D eigenvalue weighted by Crippen LogP contribution is -2.55. The number of fused-ring (bicyclic) bond motifs is 6. The van der Waals surface area contributed by atoms with Gasteiger partial charge >= 0.3 is 0 Å². The van der Waals surface area contributed by atoms with E-state index in [1.807, 2.05) is 6.92 Å². The summed E-state index contributed by atoms with van der Waals surface area (Å²) in [7, 11) is 1.55. The Morgan fingerprint density at radius 3 is 2.62 bits per heavy atom. The molecule has 0 radical (unpaired) electrons. The second-order valence-electron chi connectivity index (χ2n) is 12.7. The van der Waals surface area contributed by atoms with Crippen molar-refractivity contribution in [3.05, 3.63) is 51.6 Å². The van der Waals surface area contributed by atoms with E-state index in [1.165, 1.54) is 13.0 Å². The molecule has 7 rings (SSSR count). The van der Waals surface area contributed by atoms with Crippen LogP contribution in [0.4, 0.5) is 5.69 Å². The van der Waals surface area contributed by atoms with E-state index in [0.29, 0.717) is 19.6 Å². The standard InChI is InChI=1S/C33H38N2O12/c1-14-30-19(35-8-10-44-32(43-3)31(35)47-30)11-21(45-14)46-20-13-33(42,15(2)37)12-17-23(20)29(41)25-24(27(17)39)26(38)16-5-4-6-18(34-7-9-36)22(16)28(25)40/h4-6,14,19-21,30-32,34,36,39,41-42H,7-13H2,1-3H3/t14-,19-,20-,21-,30+,31?,32-,33-/m0/s1. The van der Waals surface area contributed by atoms with Gasteiger partial charge in [0.1, 0.15) is 23.2 Å². The van der Waals surface area contributed by atoms with Crippen molar-refractivity contribution in [1.29, 1.82) is 0 Å². The first kappa shape index (κ1) is 32.1. The molecule has 0 spiro atoms. The predicted octanol–water partition coefficient (Wildman–Crippen LogP) is 1.13. The van der Waals surface area contributed by atoms with E-state index in [2.05, 4.69) is 10.2 Å². The maximum atomic E-state index is 14.0. The van der Waals surface area contributed by atoms with Crippen molar-refractivity contribution in [2.75, 3.05) is 38.7 Å². The van der Waals surface area contributed by atoms with Crippen molar-refractivity contribution in [3.63, 3.8) is 0 Å². The molecule has 1 unspecified atom stereocenters. The number of aliphatic hydroxyl groups excluding tert-OH is 1. The number of hydrogen-bond acceptors (Lipinski definition) is 14. The lowest BCUT2D eigenvalue weighted by molar-refractivity contribution is -0.256. The van der Waals surface area contributed by atoms with Crippen molar-refractivity contribution >= 4 is 23.0 Å². The first-order chi connectivity index (χ1) is 22.5. The van der Waals surface area contributed by atoms with Crippen LogP contribution in [0.2, 0.25) is 0 Å². The van der Waals surface area contributed by atoms with E-state index in [9.17, 15) is 34.8 Å². The molecule has 252 valence electrons. The van der Waals surface area contributed by atoms with Crippen molar-refractivity contribution < 1.29 is 58.5 Å². The van der Waals surface area contributed by atoms with Crippen LogP contribution in [0, 0.1) is 0 Å². The van der Waals surface area contributed by atoms with Crippen LogP contribution in [0.3, 0.4) is 0 Å². The normalized spacial score (nSPS) is 33.0. The average molecular weight is 655 g/mol. The number of carbonyl (C=O) groups excluding carboxylic acids is 3. The molecule has 3 heterocycles. The van der Waals surface area contributed by atoms with Gasteiger partial charge < -0.3 is 49.4 Å². The van der Waals surface area contributed by atoms with Gasteiger partial charge in [-0.1, -0.05) is 12.1 Å². The molecular formula is C33H38N2O12. The third-order valence-corrected chi connectivity index (χ3v) is 10.1. The Hall–Kier alpha value is -3.47. The Morgan fingerprint density at radius 1 is 1.13 bits per heavy atom. The number of aliphatic hydroxyl groups is 2. The maximum absolute atomic E-state index is 14.0. The third-order valence-electron chi connectivity index (χ3n) is 10.1. The Balaban J connectivity index is 1.28. The molecule has 0 amide bonds. The number of phenolic OH excluding ortho intramolecular Hbond substituents is 2. The van der Waals surface area contributed by atoms with Gasteiger partial charge in [0, 0.05) is 67.9 Å². The van der Waals surface area contributed by atoms with Crippen molar-refractivity contribution in [1.82, 2.24) is 4.90 Å². The molecule has 14 nitrogen and oxygen atoms in total. The van der Waals surface area contributed by atoms with Gasteiger partial charge in [0.2, 0.25) is 0 Å². The zero-order valence-electron chi connectivity index (χ0n) is 26.2. The van der Waals surface area contributed by atoms with Crippen LogP contribution < -0.4 is 5.32 Å². The summed E-state index contributed by atoms with van der Waals surface area (Å²) >= 11 is 0. The molecule has 3 aliphatic heterocycles. The highest BCUT2D eigenvalue weighted by Crippen LogP contribution is 2.53. The van der Waals surface area contributed by atoms with Crippen LogP contribution in [-0.2, 0) is 34.9 Å². The number of nitrogens with zero attached hydrogens (tertiary/aromatic N) is 1. The summed E-state index contributed by atoms with van der Waals surface area (Å²) < 4.78 is 30.2. The number of hydrogen-bond donors (Lipinski definition) is 5. The Labute approximate surface area is 270 Å². The zero-order chi connectivity index (χ0) is 33.4. The van der Waals surface area contributed by atoms with E-state index in [1.54, 1.807) is 19.2 Å². The van der Waals surface area contributed by atoms with Gasteiger partial charge in [0.25, 0.3) is 0 Å². The first-order valence-corrected chi connectivity index (χ1v) is 15.8. The Kier molecular flexibility index (Phi) is 8.12. The minimum atomic E-state index is -2.00. The molecule has 5 aliphatic rings. The highest BCUT2D eigenvalue weighted by Gasteiger charge is 2.55. The van der Waals surface area contributed by atoms with Gasteiger partial charge in [-0.2, -0.15) is 0 Å². The van der Waals surface area contributed by atoms with E-state index in [-0.39, 0.29) is 59.7 Å². The smallest absolute Gasteiger partial charge is 0.200 e. The molecule has 2 aliphatic carbocycles. The zero-order valence-corrected chi connectivity index (χ0v) is 26.2. The number of ketones is 3. The molecule has 2 aromatic rings. The van der Waals surface area contributed by atoms with Crippen LogP contribution in [0.1, 0.15) is 75.8 Å². The summed E-state index contributed by atoms with van der Waals surface area (Å²) in [6, 6.07) is 4.43. The van der Waals surface area contributed by atoms with Gasteiger partial charge in [-0.25, -0.2) is 0 Å². The van der Waals surface area contributed by atoms with Gasteiger partial charge in [-0.05, 0) is 19.9 Å². The molecule has 3 fully saturated rings. The number of methoxy groups -OCH3 is 1. The number of nitrogens with one attached hydrogen (secondary N) is 1. The summed E-state index contributed by atoms with van der Waals surface area (Å²) in [5, 5.41) is 47.2. The monoisotopic (exact) mass is 654 g/mol. The summed E-state index contributed by atoms with van der Waals surface area (Å²) in [4.78, 5) is 42.8. The molecule has 0 aromatic heterocycles. The van der Waals surface area contributed by atoms with E-state index in [4.69, 9.17) is 23.7 Å². The minimum Gasteiger partial charge on any atom is -0.507 e. The molecule has 8 atom stereocenters.